The summed E-state index contributed by atoms with van der Waals surface area (Å²) in [6.07, 6.45) is 5.00. The Labute approximate surface area is 103 Å². The normalized spacial score (nSPS) is 50.6. The Kier molecular flexibility index (Phi) is 2.08. The van der Waals surface area contributed by atoms with Crippen molar-refractivity contribution in [3.8, 4) is 0 Å². The van der Waals surface area contributed by atoms with Crippen LogP contribution in [0.2, 0.25) is 0 Å². The van der Waals surface area contributed by atoms with Gasteiger partial charge in [0.2, 0.25) is 0 Å². The quantitative estimate of drug-likeness (QED) is 0.759. The number of hydrogen-bond donors (Lipinski definition) is 1. The molecule has 0 radical (unpaired) electrons. The first kappa shape index (κ1) is 11.3. The Bertz CT molecular complexity index is 394. The van der Waals surface area contributed by atoms with Crippen molar-refractivity contribution in [2.45, 2.75) is 38.7 Å². The van der Waals surface area contributed by atoms with E-state index in [1.54, 1.807) is 6.08 Å². The van der Waals surface area contributed by atoms with Crippen LogP contribution in [-0.4, -0.2) is 24.7 Å². The number of rotatable bonds is 3. The lowest BCUT2D eigenvalue weighted by molar-refractivity contribution is -0.155. The Morgan fingerprint density at radius 2 is 2.35 bits per heavy atom. The van der Waals surface area contributed by atoms with Gasteiger partial charge in [-0.2, -0.15) is 0 Å². The van der Waals surface area contributed by atoms with E-state index in [1.165, 1.54) is 6.42 Å². The Morgan fingerprint density at radius 3 is 2.94 bits per heavy atom. The highest BCUT2D eigenvalue weighted by molar-refractivity contribution is 5.88. The van der Waals surface area contributed by atoms with E-state index in [4.69, 9.17) is 4.74 Å². The number of ether oxygens (including phenoxy) is 1. The molecule has 3 rings (SSSR count). The van der Waals surface area contributed by atoms with Crippen molar-refractivity contribution in [1.82, 2.24) is 5.32 Å². The van der Waals surface area contributed by atoms with Crippen molar-refractivity contribution in [1.29, 1.82) is 0 Å². The van der Waals surface area contributed by atoms with Crippen molar-refractivity contribution in [3.63, 3.8) is 0 Å². The second kappa shape index (κ2) is 3.14. The molecule has 0 unspecified atom stereocenters. The maximum atomic E-state index is 12.4. The van der Waals surface area contributed by atoms with Crippen LogP contribution in [0.4, 0.5) is 0 Å². The Hall–Kier alpha value is -0.830. The Balaban J connectivity index is 1.95. The number of nitrogens with one attached hydrogen (secondary N) is 1. The first-order valence-corrected chi connectivity index (χ1v) is 6.53. The average Bonchev–Trinajstić information content (AvgIpc) is 2.78. The van der Waals surface area contributed by atoms with Crippen LogP contribution in [0.3, 0.4) is 0 Å². The highest BCUT2D eigenvalue weighted by atomic mass is 16.5. The smallest absolute Gasteiger partial charge is 0.253 e. The molecule has 0 spiro atoms. The van der Waals surface area contributed by atoms with Gasteiger partial charge >= 0.3 is 0 Å². The lowest BCUT2D eigenvalue weighted by Crippen LogP contribution is -2.55. The molecule has 4 atom stereocenters. The molecule has 3 fully saturated rings. The fourth-order valence-corrected chi connectivity index (χ4v) is 4.57. The van der Waals surface area contributed by atoms with Gasteiger partial charge in [0.25, 0.3) is 5.91 Å². The highest BCUT2D eigenvalue weighted by Crippen LogP contribution is 2.74. The van der Waals surface area contributed by atoms with E-state index in [2.05, 4.69) is 25.7 Å². The minimum absolute atomic E-state index is 0.0237. The molecule has 1 saturated heterocycles. The zero-order chi connectivity index (χ0) is 12.3. The molecular formula is C14H21NO2. The van der Waals surface area contributed by atoms with E-state index in [9.17, 15) is 4.79 Å². The highest BCUT2D eigenvalue weighted by Gasteiger charge is 2.78. The fourth-order valence-electron chi connectivity index (χ4n) is 4.57. The Morgan fingerprint density at radius 1 is 1.59 bits per heavy atom. The summed E-state index contributed by atoms with van der Waals surface area (Å²) in [7, 11) is 0. The van der Waals surface area contributed by atoms with Crippen LogP contribution in [0.1, 0.15) is 33.1 Å². The summed E-state index contributed by atoms with van der Waals surface area (Å²) >= 11 is 0. The van der Waals surface area contributed by atoms with Crippen molar-refractivity contribution in [3.05, 3.63) is 12.7 Å². The molecular weight excluding hydrogens is 214 g/mol. The SMILES string of the molecule is C=CCNC(=O)[C@@]12C[C@@H]3CC[C@@]1(C)[C@@]3(C)CO2. The third kappa shape index (κ3) is 1.00. The summed E-state index contributed by atoms with van der Waals surface area (Å²) in [6, 6.07) is 0. The summed E-state index contributed by atoms with van der Waals surface area (Å²) in [4.78, 5) is 12.4. The molecule has 0 aromatic carbocycles. The zero-order valence-corrected chi connectivity index (χ0v) is 10.7. The maximum absolute atomic E-state index is 12.4. The van der Waals surface area contributed by atoms with Crippen LogP contribution < -0.4 is 5.32 Å². The molecule has 4 bridgehead atoms. The predicted octanol–water partition coefficient (Wildman–Crippen LogP) is 1.88. The van der Waals surface area contributed by atoms with Gasteiger partial charge in [-0.25, -0.2) is 0 Å². The summed E-state index contributed by atoms with van der Waals surface area (Å²) < 4.78 is 5.99. The topological polar surface area (TPSA) is 38.3 Å². The van der Waals surface area contributed by atoms with Gasteiger partial charge in [0, 0.05) is 17.4 Å². The van der Waals surface area contributed by atoms with Gasteiger partial charge in [-0.05, 0) is 25.2 Å². The van der Waals surface area contributed by atoms with Crippen molar-refractivity contribution in [2.24, 2.45) is 16.7 Å². The van der Waals surface area contributed by atoms with Gasteiger partial charge in [-0.15, -0.1) is 6.58 Å². The maximum Gasteiger partial charge on any atom is 0.253 e. The summed E-state index contributed by atoms with van der Waals surface area (Å²) in [5.41, 5.74) is -0.331. The first-order valence-electron chi connectivity index (χ1n) is 6.53. The molecule has 2 aliphatic carbocycles. The molecule has 0 aromatic heterocycles. The third-order valence-corrected chi connectivity index (χ3v) is 5.97. The molecule has 1 aliphatic heterocycles. The molecule has 2 saturated carbocycles. The lowest BCUT2D eigenvalue weighted by atomic mass is 9.66. The number of hydrogen-bond acceptors (Lipinski definition) is 2. The van der Waals surface area contributed by atoms with E-state index < -0.39 is 5.60 Å². The molecule has 3 heteroatoms. The molecule has 1 amide bonds. The van der Waals surface area contributed by atoms with E-state index in [0.29, 0.717) is 12.5 Å². The van der Waals surface area contributed by atoms with Gasteiger partial charge in [-0.3, -0.25) is 4.79 Å². The largest absolute Gasteiger partial charge is 0.364 e. The molecule has 0 aromatic rings. The minimum Gasteiger partial charge on any atom is -0.364 e. The van der Waals surface area contributed by atoms with Gasteiger partial charge in [0.05, 0.1) is 6.61 Å². The summed E-state index contributed by atoms with van der Waals surface area (Å²) in [5, 5.41) is 2.94. The molecule has 3 nitrogen and oxygen atoms in total. The minimum atomic E-state index is -0.562. The molecule has 3 aliphatic rings. The van der Waals surface area contributed by atoms with Crippen molar-refractivity contribution in [2.75, 3.05) is 13.2 Å². The van der Waals surface area contributed by atoms with Crippen LogP contribution in [0, 0.1) is 16.7 Å². The van der Waals surface area contributed by atoms with E-state index in [-0.39, 0.29) is 16.7 Å². The standard InChI is InChI=1S/C14H21NO2/c1-4-7-15-11(16)14-8-10-5-6-13(14,3)12(10,2)9-17-14/h4,10H,1,5-9H2,2-3H3,(H,15,16)/t10-,12-,13-,14-/m0/s1. The zero-order valence-electron chi connectivity index (χ0n) is 10.7. The van der Waals surface area contributed by atoms with Crippen LogP contribution in [0.5, 0.6) is 0 Å². The van der Waals surface area contributed by atoms with E-state index >= 15 is 0 Å². The molecule has 1 N–H and O–H groups in total. The van der Waals surface area contributed by atoms with E-state index in [1.807, 2.05) is 0 Å². The fraction of sp³-hybridized carbons (Fsp3) is 0.786. The van der Waals surface area contributed by atoms with Gasteiger partial charge in [0.1, 0.15) is 0 Å². The summed E-state index contributed by atoms with van der Waals surface area (Å²) in [6.45, 7) is 9.47. The number of amides is 1. The monoisotopic (exact) mass is 235 g/mol. The number of carbonyl (C=O) groups is 1. The first-order chi connectivity index (χ1) is 8.00. The van der Waals surface area contributed by atoms with Gasteiger partial charge in [-0.1, -0.05) is 19.9 Å². The number of carbonyl (C=O) groups excluding carboxylic acids is 1. The van der Waals surface area contributed by atoms with Crippen LogP contribution in [-0.2, 0) is 9.53 Å². The average molecular weight is 235 g/mol. The van der Waals surface area contributed by atoms with Crippen molar-refractivity contribution >= 4 is 5.91 Å². The second-order valence-electron chi connectivity index (χ2n) is 6.30. The van der Waals surface area contributed by atoms with Crippen LogP contribution in [0.25, 0.3) is 0 Å². The van der Waals surface area contributed by atoms with E-state index in [0.717, 1.165) is 19.4 Å². The van der Waals surface area contributed by atoms with Crippen LogP contribution >= 0.6 is 0 Å². The molecule has 1 heterocycles. The van der Waals surface area contributed by atoms with Gasteiger partial charge in [0.15, 0.2) is 5.60 Å². The predicted molar refractivity (Wildman–Crippen MR) is 65.4 cm³/mol. The van der Waals surface area contributed by atoms with Crippen molar-refractivity contribution < 1.29 is 9.53 Å². The molecule has 17 heavy (non-hydrogen) atoms. The summed E-state index contributed by atoms with van der Waals surface area (Å²) in [5.74, 6) is 0.738. The van der Waals surface area contributed by atoms with Gasteiger partial charge < -0.3 is 10.1 Å². The lowest BCUT2D eigenvalue weighted by Gasteiger charge is -2.39. The van der Waals surface area contributed by atoms with Crippen LogP contribution in [0.15, 0.2) is 12.7 Å². The molecule has 94 valence electrons. The second-order valence-corrected chi connectivity index (χ2v) is 6.30. The third-order valence-electron chi connectivity index (χ3n) is 5.97.